The number of nitrogens with zero attached hydrogens (tertiary/aromatic N) is 2. The Morgan fingerprint density at radius 1 is 0.719 bits per heavy atom. The molecule has 0 N–H and O–H groups in total. The van der Waals surface area contributed by atoms with Crippen LogP contribution < -0.4 is 4.74 Å². The van der Waals surface area contributed by atoms with Crippen molar-refractivity contribution in [3.63, 3.8) is 0 Å². The fourth-order valence-corrected chi connectivity index (χ4v) is 3.72. The highest BCUT2D eigenvalue weighted by atomic mass is 16.5. The molecule has 2 aromatic rings. The Labute approximate surface area is 194 Å². The van der Waals surface area contributed by atoms with E-state index in [0.29, 0.717) is 16.9 Å². The third-order valence-corrected chi connectivity index (χ3v) is 5.59. The zero-order valence-electron chi connectivity index (χ0n) is 19.5. The summed E-state index contributed by atoms with van der Waals surface area (Å²) in [5.74, 6) is 1.34. The molecule has 2 aromatic carbocycles. The number of benzene rings is 2. The van der Waals surface area contributed by atoms with Crippen LogP contribution in [0.2, 0.25) is 0 Å². The summed E-state index contributed by atoms with van der Waals surface area (Å²) in [5.41, 5.74) is 1.97. The smallest absolute Gasteiger partial charge is 0.128 e. The van der Waals surface area contributed by atoms with Gasteiger partial charge in [0.2, 0.25) is 0 Å². The van der Waals surface area contributed by atoms with Crippen LogP contribution in [0.15, 0.2) is 54.6 Å². The van der Waals surface area contributed by atoms with E-state index in [4.69, 9.17) is 10.00 Å². The second-order valence-corrected chi connectivity index (χ2v) is 8.31. The number of nitriles is 2. The van der Waals surface area contributed by atoms with Crippen molar-refractivity contribution in [1.82, 2.24) is 0 Å². The number of hydrogen-bond donors (Lipinski definition) is 0. The number of ether oxygens (including phenoxy) is 1. The van der Waals surface area contributed by atoms with Gasteiger partial charge in [0.05, 0.1) is 11.1 Å². The Bertz CT molecular complexity index is 917. The summed E-state index contributed by atoms with van der Waals surface area (Å²) in [4.78, 5) is 0. The van der Waals surface area contributed by atoms with E-state index in [2.05, 4.69) is 31.2 Å². The molecule has 168 valence electrons. The molecule has 0 aliphatic rings. The molecule has 0 radical (unpaired) electrons. The van der Waals surface area contributed by atoms with Gasteiger partial charge in [-0.05, 0) is 74.4 Å². The molecule has 0 aliphatic carbocycles. The van der Waals surface area contributed by atoms with Crippen molar-refractivity contribution >= 4 is 0 Å². The average molecular weight is 429 g/mol. The van der Waals surface area contributed by atoms with Gasteiger partial charge in [-0.15, -0.1) is 0 Å². The van der Waals surface area contributed by atoms with Crippen molar-refractivity contribution in [2.45, 2.75) is 84.0 Å². The van der Waals surface area contributed by atoms with Gasteiger partial charge in [0, 0.05) is 0 Å². The van der Waals surface area contributed by atoms with E-state index in [1.807, 2.05) is 24.3 Å². The van der Waals surface area contributed by atoms with Gasteiger partial charge < -0.3 is 4.74 Å². The van der Waals surface area contributed by atoms with Gasteiger partial charge in [-0.3, -0.25) is 0 Å². The lowest BCUT2D eigenvalue weighted by atomic mass is 10.0. The number of unbranched alkanes of at least 4 members (excludes halogenated alkanes) is 9. The quantitative estimate of drug-likeness (QED) is 0.211. The Kier molecular flexibility index (Phi) is 12.4. The van der Waals surface area contributed by atoms with Gasteiger partial charge in [0.1, 0.15) is 23.6 Å². The van der Waals surface area contributed by atoms with E-state index in [9.17, 15) is 5.26 Å². The van der Waals surface area contributed by atoms with Crippen molar-refractivity contribution in [2.75, 3.05) is 0 Å². The molecule has 0 atom stereocenters. The second-order valence-electron chi connectivity index (χ2n) is 8.31. The molecular formula is C29H36N2O. The maximum absolute atomic E-state index is 9.17. The van der Waals surface area contributed by atoms with Crippen LogP contribution in [0.5, 0.6) is 11.5 Å². The van der Waals surface area contributed by atoms with Crippen molar-refractivity contribution in [3.8, 4) is 23.6 Å². The first-order chi connectivity index (χ1) is 15.8. The van der Waals surface area contributed by atoms with E-state index in [0.717, 1.165) is 12.2 Å². The molecule has 0 amide bonds. The molecule has 0 aromatic heterocycles. The maximum atomic E-state index is 9.17. The number of allylic oxidation sites excluding steroid dienone is 2. The molecule has 2 rings (SSSR count). The summed E-state index contributed by atoms with van der Waals surface area (Å²) in [6, 6.07) is 17.2. The van der Waals surface area contributed by atoms with Crippen molar-refractivity contribution < 1.29 is 4.74 Å². The normalized spacial score (nSPS) is 10.7. The van der Waals surface area contributed by atoms with Crippen LogP contribution in [-0.4, -0.2) is 0 Å². The van der Waals surface area contributed by atoms with Crippen LogP contribution in [0.4, 0.5) is 0 Å². The van der Waals surface area contributed by atoms with Gasteiger partial charge in [-0.2, -0.15) is 10.5 Å². The number of rotatable bonds is 15. The lowest BCUT2D eigenvalue weighted by molar-refractivity contribution is 0.481. The highest BCUT2D eigenvalue weighted by Crippen LogP contribution is 2.25. The van der Waals surface area contributed by atoms with Gasteiger partial charge >= 0.3 is 0 Å². The molecule has 0 aliphatic heterocycles. The summed E-state index contributed by atoms with van der Waals surface area (Å²) < 4.78 is 5.91. The van der Waals surface area contributed by atoms with E-state index in [-0.39, 0.29) is 0 Å². The van der Waals surface area contributed by atoms with Gasteiger partial charge in [-0.25, -0.2) is 0 Å². The highest BCUT2D eigenvalue weighted by molar-refractivity contribution is 5.50. The highest BCUT2D eigenvalue weighted by Gasteiger charge is 2.05. The predicted octanol–water partition coefficient (Wildman–Crippen LogP) is 8.63. The Balaban J connectivity index is 1.63. The minimum absolute atomic E-state index is 0.337. The lowest BCUT2D eigenvalue weighted by Crippen LogP contribution is -1.91. The van der Waals surface area contributed by atoms with E-state index in [1.165, 1.54) is 76.2 Å². The molecule has 0 fully saturated rings. The first-order valence-electron chi connectivity index (χ1n) is 12.1. The Morgan fingerprint density at radius 3 is 2.09 bits per heavy atom. The fourth-order valence-electron chi connectivity index (χ4n) is 3.72. The minimum atomic E-state index is 0.337. The van der Waals surface area contributed by atoms with Crippen molar-refractivity contribution in [2.24, 2.45) is 0 Å². The zero-order chi connectivity index (χ0) is 22.9. The molecule has 0 saturated carbocycles. The summed E-state index contributed by atoms with van der Waals surface area (Å²) in [7, 11) is 0. The van der Waals surface area contributed by atoms with Crippen LogP contribution >= 0.6 is 0 Å². The first kappa shape index (κ1) is 25.2. The van der Waals surface area contributed by atoms with Crippen molar-refractivity contribution in [1.29, 1.82) is 10.5 Å². The SMILES string of the molecule is CCCCCCC=CCCCCCCCc1cccc(Oc2ccc(C#N)c(C#N)c2)c1. The second kappa shape index (κ2) is 15.7. The average Bonchev–Trinajstić information content (AvgIpc) is 2.82. The molecule has 0 saturated heterocycles. The summed E-state index contributed by atoms with van der Waals surface area (Å²) in [6.45, 7) is 2.26. The number of hydrogen-bond acceptors (Lipinski definition) is 3. The zero-order valence-corrected chi connectivity index (χ0v) is 19.5. The number of aryl methyl sites for hydroxylation is 1. The topological polar surface area (TPSA) is 56.8 Å². The molecular weight excluding hydrogens is 392 g/mol. The lowest BCUT2D eigenvalue weighted by Gasteiger charge is -2.08. The third-order valence-electron chi connectivity index (χ3n) is 5.59. The van der Waals surface area contributed by atoms with E-state index in [1.54, 1.807) is 18.2 Å². The summed E-state index contributed by atoms with van der Waals surface area (Å²) in [6.07, 6.45) is 20.0. The Morgan fingerprint density at radius 2 is 1.38 bits per heavy atom. The van der Waals surface area contributed by atoms with Gasteiger partial charge in [-0.1, -0.05) is 69.7 Å². The van der Waals surface area contributed by atoms with E-state index >= 15 is 0 Å². The predicted molar refractivity (Wildman–Crippen MR) is 132 cm³/mol. The maximum Gasteiger partial charge on any atom is 0.128 e. The molecule has 32 heavy (non-hydrogen) atoms. The molecule has 3 nitrogen and oxygen atoms in total. The van der Waals surface area contributed by atoms with Crippen LogP contribution in [0.3, 0.4) is 0 Å². The van der Waals surface area contributed by atoms with Crippen LogP contribution in [0, 0.1) is 22.7 Å². The van der Waals surface area contributed by atoms with E-state index < -0.39 is 0 Å². The van der Waals surface area contributed by atoms with Gasteiger partial charge in [0.25, 0.3) is 0 Å². The Hall–Kier alpha value is -3.04. The fraction of sp³-hybridized carbons (Fsp3) is 0.448. The third kappa shape index (κ3) is 9.84. The van der Waals surface area contributed by atoms with Crippen LogP contribution in [-0.2, 0) is 6.42 Å². The standard InChI is InChI=1S/C29H36N2O/c1-2-3-4-5-6-7-8-9-10-11-12-13-14-16-25-17-15-18-28(21-25)32-29-20-19-26(23-30)27(22-29)24-31/h7-8,15,17-22H,2-6,9-14,16H2,1H3. The summed E-state index contributed by atoms with van der Waals surface area (Å²) >= 11 is 0. The molecule has 0 bridgehead atoms. The van der Waals surface area contributed by atoms with Crippen molar-refractivity contribution in [3.05, 3.63) is 71.3 Å². The monoisotopic (exact) mass is 428 g/mol. The van der Waals surface area contributed by atoms with Crippen LogP contribution in [0.1, 0.15) is 94.2 Å². The molecule has 3 heteroatoms. The molecule has 0 unspecified atom stereocenters. The molecule has 0 heterocycles. The molecule has 0 spiro atoms. The first-order valence-corrected chi connectivity index (χ1v) is 12.1. The minimum Gasteiger partial charge on any atom is -0.457 e. The van der Waals surface area contributed by atoms with Crippen LogP contribution in [0.25, 0.3) is 0 Å². The summed E-state index contributed by atoms with van der Waals surface area (Å²) in [5, 5.41) is 18.2. The van der Waals surface area contributed by atoms with Gasteiger partial charge in [0.15, 0.2) is 0 Å². The largest absolute Gasteiger partial charge is 0.457 e.